The van der Waals surface area contributed by atoms with E-state index in [-0.39, 0.29) is 18.2 Å². The zero-order valence-electron chi connectivity index (χ0n) is 17.9. The lowest BCUT2D eigenvalue weighted by Gasteiger charge is -2.29. The van der Waals surface area contributed by atoms with Gasteiger partial charge in [0, 0.05) is 13.1 Å². The number of nitrogens with zero attached hydrogens (tertiary/aromatic N) is 1. The van der Waals surface area contributed by atoms with Gasteiger partial charge in [-0.25, -0.2) is 0 Å². The van der Waals surface area contributed by atoms with E-state index in [1.54, 1.807) is 18.9 Å². The van der Waals surface area contributed by atoms with Gasteiger partial charge >= 0.3 is 0 Å². The molecule has 5 nitrogen and oxygen atoms in total. The van der Waals surface area contributed by atoms with Crippen molar-refractivity contribution in [2.45, 2.75) is 46.2 Å². The zero-order chi connectivity index (χ0) is 21.2. The van der Waals surface area contributed by atoms with Crippen LogP contribution in [0.2, 0.25) is 0 Å². The first-order valence-electron chi connectivity index (χ1n) is 10.1. The topological polar surface area (TPSA) is 58.6 Å². The van der Waals surface area contributed by atoms with Crippen LogP contribution < -0.4 is 10.1 Å². The maximum Gasteiger partial charge on any atom is 0.242 e. The first-order valence-corrected chi connectivity index (χ1v) is 10.1. The molecule has 0 aliphatic rings. The molecule has 2 amide bonds. The Kier molecular flexibility index (Phi) is 8.71. The summed E-state index contributed by atoms with van der Waals surface area (Å²) in [6.45, 7) is 7.01. The van der Waals surface area contributed by atoms with Gasteiger partial charge in [-0.3, -0.25) is 9.59 Å². The number of methoxy groups -OCH3 is 1. The summed E-state index contributed by atoms with van der Waals surface area (Å²) in [7, 11) is 1.62. The highest BCUT2D eigenvalue weighted by molar-refractivity contribution is 5.88. The summed E-state index contributed by atoms with van der Waals surface area (Å²) in [4.78, 5) is 27.4. The number of nitrogens with one attached hydrogen (secondary N) is 1. The van der Waals surface area contributed by atoms with E-state index < -0.39 is 6.04 Å². The van der Waals surface area contributed by atoms with E-state index in [2.05, 4.69) is 19.2 Å². The number of amides is 2. The average molecular weight is 397 g/mol. The molecule has 2 rings (SSSR count). The predicted molar refractivity (Wildman–Crippen MR) is 116 cm³/mol. The number of hydrogen-bond donors (Lipinski definition) is 1. The van der Waals surface area contributed by atoms with Crippen LogP contribution >= 0.6 is 0 Å². The molecular weight excluding hydrogens is 364 g/mol. The Bertz CT molecular complexity index is 772. The lowest BCUT2D eigenvalue weighted by atomic mass is 10.1. The van der Waals surface area contributed by atoms with Crippen molar-refractivity contribution in [3.63, 3.8) is 0 Å². The molecule has 0 aliphatic carbocycles. The van der Waals surface area contributed by atoms with Gasteiger partial charge in [0.05, 0.1) is 13.5 Å². The van der Waals surface area contributed by atoms with Gasteiger partial charge in [-0.15, -0.1) is 0 Å². The van der Waals surface area contributed by atoms with Crippen molar-refractivity contribution < 1.29 is 14.3 Å². The number of benzene rings is 2. The van der Waals surface area contributed by atoms with Gasteiger partial charge in [0.15, 0.2) is 0 Å². The van der Waals surface area contributed by atoms with Crippen molar-refractivity contribution >= 4 is 11.8 Å². The molecule has 0 fully saturated rings. The smallest absolute Gasteiger partial charge is 0.242 e. The summed E-state index contributed by atoms with van der Waals surface area (Å²) >= 11 is 0. The molecule has 156 valence electrons. The number of rotatable bonds is 10. The van der Waals surface area contributed by atoms with Crippen molar-refractivity contribution in [2.24, 2.45) is 5.92 Å². The molecule has 0 aliphatic heterocycles. The SMILES string of the molecule is COc1ccc(CN(C(=O)Cc2ccccc2)[C@H](C)C(=O)NCCC(C)C)cc1. The normalized spacial score (nSPS) is 11.8. The molecule has 0 bridgehead atoms. The number of ether oxygens (including phenoxy) is 1. The third-order valence-corrected chi connectivity index (χ3v) is 4.90. The second-order valence-corrected chi connectivity index (χ2v) is 7.68. The summed E-state index contributed by atoms with van der Waals surface area (Å²) < 4.78 is 5.21. The second kappa shape index (κ2) is 11.2. The quantitative estimate of drug-likeness (QED) is 0.664. The summed E-state index contributed by atoms with van der Waals surface area (Å²) in [6.07, 6.45) is 1.18. The van der Waals surface area contributed by atoms with Crippen molar-refractivity contribution in [1.82, 2.24) is 10.2 Å². The Hall–Kier alpha value is -2.82. The molecule has 1 N–H and O–H groups in total. The molecule has 0 saturated heterocycles. The van der Waals surface area contributed by atoms with E-state index >= 15 is 0 Å². The molecule has 0 spiro atoms. The van der Waals surface area contributed by atoms with Crippen LogP contribution in [-0.2, 0) is 22.6 Å². The van der Waals surface area contributed by atoms with E-state index in [0.29, 0.717) is 19.0 Å². The maximum absolute atomic E-state index is 13.1. The lowest BCUT2D eigenvalue weighted by Crippen LogP contribution is -2.48. The molecular formula is C24H32N2O3. The van der Waals surface area contributed by atoms with E-state index in [9.17, 15) is 9.59 Å². The minimum atomic E-state index is -0.555. The first-order chi connectivity index (χ1) is 13.9. The molecule has 1 atom stereocenters. The van der Waals surface area contributed by atoms with E-state index in [1.807, 2.05) is 54.6 Å². The van der Waals surface area contributed by atoms with Crippen LogP contribution in [0.25, 0.3) is 0 Å². The third kappa shape index (κ3) is 7.26. The molecule has 2 aromatic rings. The fraction of sp³-hybridized carbons (Fsp3) is 0.417. The largest absolute Gasteiger partial charge is 0.497 e. The highest BCUT2D eigenvalue weighted by Gasteiger charge is 2.26. The minimum absolute atomic E-state index is 0.0708. The van der Waals surface area contributed by atoms with Crippen LogP contribution in [0.15, 0.2) is 54.6 Å². The Balaban J connectivity index is 2.14. The molecule has 5 heteroatoms. The van der Waals surface area contributed by atoms with Crippen LogP contribution in [0.5, 0.6) is 5.75 Å². The van der Waals surface area contributed by atoms with E-state index in [1.165, 1.54) is 0 Å². The van der Waals surface area contributed by atoms with Crippen LogP contribution in [-0.4, -0.2) is 36.4 Å². The summed E-state index contributed by atoms with van der Waals surface area (Å²) in [5.41, 5.74) is 1.89. The molecule has 0 unspecified atom stereocenters. The Labute approximate surface area is 174 Å². The molecule has 29 heavy (non-hydrogen) atoms. The van der Waals surface area contributed by atoms with Crippen LogP contribution in [0.3, 0.4) is 0 Å². The van der Waals surface area contributed by atoms with Crippen molar-refractivity contribution in [2.75, 3.05) is 13.7 Å². The second-order valence-electron chi connectivity index (χ2n) is 7.68. The fourth-order valence-electron chi connectivity index (χ4n) is 3.01. The summed E-state index contributed by atoms with van der Waals surface area (Å²) in [5.74, 6) is 1.08. The molecule has 0 heterocycles. The zero-order valence-corrected chi connectivity index (χ0v) is 17.9. The van der Waals surface area contributed by atoms with E-state index in [4.69, 9.17) is 4.74 Å². The number of hydrogen-bond acceptors (Lipinski definition) is 3. The Morgan fingerprint density at radius 2 is 1.62 bits per heavy atom. The van der Waals surface area contributed by atoms with E-state index in [0.717, 1.165) is 23.3 Å². The predicted octanol–water partition coefficient (Wildman–Crippen LogP) is 3.82. The Morgan fingerprint density at radius 3 is 2.21 bits per heavy atom. The molecule has 0 radical (unpaired) electrons. The van der Waals surface area contributed by atoms with Crippen molar-refractivity contribution in [3.8, 4) is 5.75 Å². The molecule has 0 saturated carbocycles. The summed E-state index contributed by atoms with van der Waals surface area (Å²) in [6, 6.07) is 16.6. The molecule has 0 aromatic heterocycles. The fourth-order valence-corrected chi connectivity index (χ4v) is 3.01. The van der Waals surface area contributed by atoms with Gasteiger partial charge < -0.3 is 15.0 Å². The minimum Gasteiger partial charge on any atom is -0.497 e. The third-order valence-electron chi connectivity index (χ3n) is 4.90. The number of carbonyl (C=O) groups excluding carboxylic acids is 2. The monoisotopic (exact) mass is 396 g/mol. The van der Waals surface area contributed by atoms with Gasteiger partial charge in [-0.05, 0) is 42.5 Å². The number of carbonyl (C=O) groups is 2. The summed E-state index contributed by atoms with van der Waals surface area (Å²) in [5, 5.41) is 2.96. The molecule has 2 aromatic carbocycles. The van der Waals surface area contributed by atoms with Crippen molar-refractivity contribution in [1.29, 1.82) is 0 Å². The van der Waals surface area contributed by atoms with Crippen LogP contribution in [0.1, 0.15) is 38.3 Å². The van der Waals surface area contributed by atoms with Crippen LogP contribution in [0, 0.1) is 5.92 Å². The van der Waals surface area contributed by atoms with Gasteiger partial charge in [0.1, 0.15) is 11.8 Å². The maximum atomic E-state index is 13.1. The lowest BCUT2D eigenvalue weighted by molar-refractivity contribution is -0.140. The van der Waals surface area contributed by atoms with Gasteiger partial charge in [-0.1, -0.05) is 56.3 Å². The standard InChI is InChI=1S/C24H32N2O3/c1-18(2)14-15-25-24(28)19(3)26(17-21-10-12-22(29-4)13-11-21)23(27)16-20-8-6-5-7-9-20/h5-13,18-19H,14-17H2,1-4H3,(H,25,28)/t19-/m1/s1. The average Bonchev–Trinajstić information content (AvgIpc) is 2.72. The first kappa shape index (κ1) is 22.5. The van der Waals surface area contributed by atoms with Gasteiger partial charge in [0.25, 0.3) is 0 Å². The van der Waals surface area contributed by atoms with Gasteiger partial charge in [0.2, 0.25) is 11.8 Å². The van der Waals surface area contributed by atoms with Crippen LogP contribution in [0.4, 0.5) is 0 Å². The highest BCUT2D eigenvalue weighted by Crippen LogP contribution is 2.16. The van der Waals surface area contributed by atoms with Crippen molar-refractivity contribution in [3.05, 3.63) is 65.7 Å². The highest BCUT2D eigenvalue weighted by atomic mass is 16.5. The Morgan fingerprint density at radius 1 is 0.966 bits per heavy atom. The van der Waals surface area contributed by atoms with Gasteiger partial charge in [-0.2, -0.15) is 0 Å².